The Morgan fingerprint density at radius 3 is 2.49 bits per heavy atom. The van der Waals surface area contributed by atoms with Crippen LogP contribution in [0.3, 0.4) is 0 Å². The first-order valence-electron chi connectivity index (χ1n) is 11.0. The van der Waals surface area contributed by atoms with Crippen LogP contribution < -0.4 is 15.4 Å². The number of alkyl halides is 3. The van der Waals surface area contributed by atoms with Crippen molar-refractivity contribution in [2.45, 2.75) is 12.6 Å². The molecule has 0 unspecified atom stereocenters. The summed E-state index contributed by atoms with van der Waals surface area (Å²) >= 11 is 6.16. The van der Waals surface area contributed by atoms with Crippen molar-refractivity contribution in [3.63, 3.8) is 0 Å². The van der Waals surface area contributed by atoms with Crippen molar-refractivity contribution in [3.8, 4) is 5.75 Å². The average molecular weight is 545 g/mol. The molecule has 2 heterocycles. The van der Waals surface area contributed by atoms with Crippen LogP contribution in [-0.4, -0.2) is 78.5 Å². The van der Waals surface area contributed by atoms with E-state index in [1.54, 1.807) is 11.1 Å². The number of carbonyl (C=O) groups excluding carboxylic acids is 2. The molecule has 200 valence electrons. The van der Waals surface area contributed by atoms with Crippen LogP contribution in [0.1, 0.15) is 16.8 Å². The van der Waals surface area contributed by atoms with E-state index in [0.717, 1.165) is 5.82 Å². The van der Waals surface area contributed by atoms with E-state index in [4.69, 9.17) is 32.3 Å². The van der Waals surface area contributed by atoms with Crippen LogP contribution in [0.5, 0.6) is 5.75 Å². The zero-order valence-electron chi connectivity index (χ0n) is 19.4. The molecule has 37 heavy (non-hydrogen) atoms. The molecule has 11 nitrogen and oxygen atoms in total. The van der Waals surface area contributed by atoms with Crippen LogP contribution in [0, 0.1) is 5.41 Å². The number of piperazine rings is 1. The second kappa shape index (κ2) is 12.5. The quantitative estimate of drug-likeness (QED) is 0.222. The minimum atomic E-state index is -5.28. The molecule has 0 radical (unpaired) electrons. The summed E-state index contributed by atoms with van der Waals surface area (Å²) in [5.41, 5.74) is 5.39. The number of halogens is 4. The van der Waals surface area contributed by atoms with Crippen molar-refractivity contribution in [2.24, 2.45) is 5.73 Å². The van der Waals surface area contributed by atoms with Crippen LogP contribution in [0.25, 0.3) is 0 Å². The zero-order chi connectivity index (χ0) is 27.0. The molecule has 0 atom stereocenters. The summed E-state index contributed by atoms with van der Waals surface area (Å²) in [6.07, 6.45) is -3.46. The number of carbonyl (C=O) groups is 2. The van der Waals surface area contributed by atoms with Gasteiger partial charge in [-0.1, -0.05) is 17.7 Å². The SMILES string of the molecule is N=C(N)N(OCCCOc1cc(Cl)cc(C(=O)N2CCN(c3ccccn3)CC2)c1)OC(=O)C(F)(F)F. The number of benzene rings is 1. The molecule has 15 heteroatoms. The maximum atomic E-state index is 13.0. The summed E-state index contributed by atoms with van der Waals surface area (Å²) in [6, 6.07) is 10.2. The molecule has 3 N–H and O–H groups in total. The molecular formula is C22H24ClF3N6O5. The number of hydroxylamine groups is 2. The summed E-state index contributed by atoms with van der Waals surface area (Å²) < 4.78 is 42.5. The van der Waals surface area contributed by atoms with Gasteiger partial charge in [0.2, 0.25) is 0 Å². The predicted octanol–water partition coefficient (Wildman–Crippen LogP) is 2.61. The Kier molecular flexibility index (Phi) is 9.36. The van der Waals surface area contributed by atoms with Crippen LogP contribution in [-0.2, 0) is 14.5 Å². The number of aromatic nitrogens is 1. The number of pyridine rings is 1. The number of amides is 1. The number of guanidine groups is 1. The lowest BCUT2D eigenvalue weighted by molar-refractivity contribution is -0.317. The first-order chi connectivity index (χ1) is 17.5. The average Bonchev–Trinajstić information content (AvgIpc) is 2.87. The molecule has 1 aromatic heterocycles. The Hall–Kier alpha value is -3.78. The number of anilines is 1. The van der Waals surface area contributed by atoms with Gasteiger partial charge >= 0.3 is 12.1 Å². The number of hydrogen-bond acceptors (Lipinski definition) is 8. The van der Waals surface area contributed by atoms with E-state index in [1.165, 1.54) is 18.2 Å². The third kappa shape index (κ3) is 8.11. The predicted molar refractivity (Wildman–Crippen MR) is 126 cm³/mol. The molecule has 1 aromatic carbocycles. The van der Waals surface area contributed by atoms with E-state index < -0.39 is 18.1 Å². The number of nitrogens with zero attached hydrogens (tertiary/aromatic N) is 4. The van der Waals surface area contributed by atoms with Gasteiger partial charge < -0.3 is 25.1 Å². The highest BCUT2D eigenvalue weighted by molar-refractivity contribution is 6.31. The van der Waals surface area contributed by atoms with Crippen LogP contribution in [0.4, 0.5) is 19.0 Å². The van der Waals surface area contributed by atoms with Gasteiger partial charge in [-0.2, -0.15) is 13.2 Å². The zero-order valence-corrected chi connectivity index (χ0v) is 20.2. The van der Waals surface area contributed by atoms with Crippen molar-refractivity contribution in [2.75, 3.05) is 44.3 Å². The van der Waals surface area contributed by atoms with Gasteiger partial charge in [0.05, 0.1) is 13.2 Å². The van der Waals surface area contributed by atoms with E-state index in [2.05, 4.69) is 14.7 Å². The van der Waals surface area contributed by atoms with E-state index in [-0.39, 0.29) is 35.8 Å². The maximum absolute atomic E-state index is 13.0. The van der Waals surface area contributed by atoms with Crippen molar-refractivity contribution >= 4 is 35.3 Å². The van der Waals surface area contributed by atoms with Gasteiger partial charge in [0, 0.05) is 49.4 Å². The first kappa shape index (κ1) is 27.8. The van der Waals surface area contributed by atoms with E-state index in [9.17, 15) is 22.8 Å². The molecule has 0 spiro atoms. The monoisotopic (exact) mass is 544 g/mol. The summed E-state index contributed by atoms with van der Waals surface area (Å²) in [7, 11) is 0. The minimum absolute atomic E-state index is 0.00961. The summed E-state index contributed by atoms with van der Waals surface area (Å²) in [5.74, 6) is -2.71. The minimum Gasteiger partial charge on any atom is -0.493 e. The molecule has 1 amide bonds. The van der Waals surface area contributed by atoms with Gasteiger partial charge in [-0.15, -0.1) is 0 Å². The Balaban J connectivity index is 1.48. The lowest BCUT2D eigenvalue weighted by Gasteiger charge is -2.35. The van der Waals surface area contributed by atoms with Gasteiger partial charge in [-0.3, -0.25) is 10.2 Å². The van der Waals surface area contributed by atoms with Crippen LogP contribution >= 0.6 is 11.6 Å². The number of nitrogens with one attached hydrogen (secondary N) is 1. The van der Waals surface area contributed by atoms with Crippen molar-refractivity contribution in [1.82, 2.24) is 15.1 Å². The highest BCUT2D eigenvalue weighted by Gasteiger charge is 2.43. The molecule has 1 aliphatic rings. The summed E-state index contributed by atoms with van der Waals surface area (Å²) in [6.45, 7) is 1.97. The van der Waals surface area contributed by atoms with E-state index >= 15 is 0 Å². The third-order valence-corrected chi connectivity index (χ3v) is 5.24. The largest absolute Gasteiger partial charge is 0.493 e. The van der Waals surface area contributed by atoms with E-state index in [0.29, 0.717) is 37.5 Å². The van der Waals surface area contributed by atoms with E-state index in [1.807, 2.05) is 18.2 Å². The fourth-order valence-electron chi connectivity index (χ4n) is 3.30. The smallest absolute Gasteiger partial charge is 0.493 e. The molecule has 3 rings (SSSR count). The summed E-state index contributed by atoms with van der Waals surface area (Å²) in [5, 5.41) is 7.28. The summed E-state index contributed by atoms with van der Waals surface area (Å²) in [4.78, 5) is 40.7. The van der Waals surface area contributed by atoms with Crippen molar-refractivity contribution in [1.29, 1.82) is 5.41 Å². The number of ether oxygens (including phenoxy) is 1. The molecule has 0 aliphatic carbocycles. The Bertz CT molecular complexity index is 1100. The van der Waals surface area contributed by atoms with Crippen LogP contribution in [0.15, 0.2) is 42.6 Å². The molecule has 1 saturated heterocycles. The first-order valence-corrected chi connectivity index (χ1v) is 11.4. The Morgan fingerprint density at radius 1 is 1.14 bits per heavy atom. The topological polar surface area (TPSA) is 134 Å². The number of rotatable bonds is 8. The second-order valence-corrected chi connectivity index (χ2v) is 8.13. The fraction of sp³-hybridized carbons (Fsp3) is 0.364. The Morgan fingerprint density at radius 2 is 1.86 bits per heavy atom. The molecular weight excluding hydrogens is 521 g/mol. The van der Waals surface area contributed by atoms with Gasteiger partial charge in [-0.05, 0) is 35.6 Å². The lowest BCUT2D eigenvalue weighted by Crippen LogP contribution is -2.49. The standard InChI is InChI=1S/C22H24ClF3N6O5/c23-16-12-15(19(33)31-8-6-30(7-9-31)18-4-1-2-5-29-18)13-17(14-16)35-10-3-11-36-32(21(27)28)37-20(34)22(24,25)26/h1-2,4-5,12-14H,3,6-11H2,(H3,27,28). The lowest BCUT2D eigenvalue weighted by atomic mass is 10.1. The van der Waals surface area contributed by atoms with Crippen molar-refractivity contribution < 1.29 is 37.2 Å². The highest BCUT2D eigenvalue weighted by atomic mass is 35.5. The number of nitrogens with two attached hydrogens (primary N) is 1. The molecule has 1 aliphatic heterocycles. The van der Waals surface area contributed by atoms with Gasteiger partial charge in [-0.25, -0.2) is 14.6 Å². The molecule has 1 fully saturated rings. The van der Waals surface area contributed by atoms with Crippen molar-refractivity contribution in [3.05, 3.63) is 53.2 Å². The fourth-order valence-corrected chi connectivity index (χ4v) is 3.53. The van der Waals surface area contributed by atoms with Crippen LogP contribution in [0.2, 0.25) is 5.02 Å². The maximum Gasteiger partial charge on any atom is 0.493 e. The third-order valence-electron chi connectivity index (χ3n) is 5.02. The van der Waals surface area contributed by atoms with Gasteiger partial charge in [0.15, 0.2) is 0 Å². The van der Waals surface area contributed by atoms with Gasteiger partial charge in [0.25, 0.3) is 11.9 Å². The normalized spacial score (nSPS) is 13.7. The molecule has 0 bridgehead atoms. The van der Waals surface area contributed by atoms with Gasteiger partial charge in [0.1, 0.15) is 11.6 Å². The highest BCUT2D eigenvalue weighted by Crippen LogP contribution is 2.23. The Labute approximate surface area is 214 Å². The molecule has 2 aromatic rings. The molecule has 0 saturated carbocycles. The number of hydrogen-bond donors (Lipinski definition) is 2. The second-order valence-electron chi connectivity index (χ2n) is 7.70.